The van der Waals surface area contributed by atoms with Crippen LogP contribution in [-0.4, -0.2) is 45.3 Å². The Morgan fingerprint density at radius 2 is 1.95 bits per heavy atom. The molecule has 1 unspecified atom stereocenters. The fourth-order valence-corrected chi connectivity index (χ4v) is 4.67. The molecule has 9 nitrogen and oxygen atoms in total. The Balaban J connectivity index is 1.48. The molecule has 2 aromatic carbocycles. The van der Waals surface area contributed by atoms with Gasteiger partial charge in [0.05, 0.1) is 12.8 Å². The lowest BCUT2D eigenvalue weighted by Crippen LogP contribution is -2.38. The van der Waals surface area contributed by atoms with Crippen molar-refractivity contribution in [2.24, 2.45) is 5.73 Å². The zero-order valence-corrected chi connectivity index (χ0v) is 21.8. The van der Waals surface area contributed by atoms with Crippen molar-refractivity contribution in [3.05, 3.63) is 71.3 Å². The average Bonchev–Trinajstić information content (AvgIpc) is 3.53. The largest absolute Gasteiger partial charge is 0.494 e. The smallest absolute Gasteiger partial charge is 0.333 e. The molecule has 1 aliphatic rings. The van der Waals surface area contributed by atoms with Crippen molar-refractivity contribution in [3.8, 4) is 22.8 Å². The van der Waals surface area contributed by atoms with Crippen LogP contribution in [0.2, 0.25) is 0 Å². The number of amides is 1. The van der Waals surface area contributed by atoms with Crippen molar-refractivity contribution in [1.29, 1.82) is 0 Å². The van der Waals surface area contributed by atoms with E-state index in [0.717, 1.165) is 18.3 Å². The summed E-state index contributed by atoms with van der Waals surface area (Å²) in [5.41, 5.74) is 1.14. The Labute approximate surface area is 230 Å². The van der Waals surface area contributed by atoms with Crippen molar-refractivity contribution >= 4 is 22.6 Å². The predicted octanol–water partition coefficient (Wildman–Crippen LogP) is 4.55. The van der Waals surface area contributed by atoms with Gasteiger partial charge >= 0.3 is 6.55 Å². The molecule has 3 N–H and O–H groups in total. The molecule has 0 radical (unpaired) electrons. The average molecular weight is 573 g/mol. The van der Waals surface area contributed by atoms with Crippen molar-refractivity contribution in [2.75, 3.05) is 13.7 Å². The van der Waals surface area contributed by atoms with Gasteiger partial charge in [0.1, 0.15) is 35.0 Å². The van der Waals surface area contributed by atoms with E-state index in [2.05, 4.69) is 10.1 Å². The molecule has 0 aliphatic carbocycles. The van der Waals surface area contributed by atoms with Gasteiger partial charge < -0.3 is 20.3 Å². The molecule has 0 saturated heterocycles. The Morgan fingerprint density at radius 1 is 1.24 bits per heavy atom. The third-order valence-corrected chi connectivity index (χ3v) is 7.05. The number of fused-ring (bicyclic) bond motifs is 2. The van der Waals surface area contributed by atoms with E-state index in [1.165, 1.54) is 44.4 Å². The van der Waals surface area contributed by atoms with Gasteiger partial charge in [0.2, 0.25) is 0 Å². The van der Waals surface area contributed by atoms with Crippen LogP contribution < -0.4 is 15.2 Å². The number of ether oxygens (including phenoxy) is 2. The number of aliphatic hydroxyl groups is 1. The van der Waals surface area contributed by atoms with Crippen molar-refractivity contribution in [2.45, 2.75) is 37.6 Å². The lowest BCUT2D eigenvalue weighted by molar-refractivity contribution is -0.130. The first-order valence-corrected chi connectivity index (χ1v) is 12.4. The van der Waals surface area contributed by atoms with Gasteiger partial charge in [-0.05, 0) is 55.8 Å². The number of benzene rings is 2. The number of carbonyl (C=O) groups excluding carboxylic acids is 2. The summed E-state index contributed by atoms with van der Waals surface area (Å²) in [6.45, 7) is -2.23. The van der Waals surface area contributed by atoms with Crippen LogP contribution in [0.3, 0.4) is 0 Å². The van der Waals surface area contributed by atoms with Gasteiger partial charge in [0.15, 0.2) is 11.5 Å². The number of pyridine rings is 1. The number of rotatable bonds is 9. The molecule has 0 saturated carbocycles. The van der Waals surface area contributed by atoms with Crippen LogP contribution in [-0.2, 0) is 16.1 Å². The van der Waals surface area contributed by atoms with Crippen LogP contribution in [0.25, 0.3) is 22.2 Å². The predicted molar refractivity (Wildman–Crippen MR) is 138 cm³/mol. The quantitative estimate of drug-likeness (QED) is 0.222. The van der Waals surface area contributed by atoms with E-state index in [1.54, 1.807) is 0 Å². The third-order valence-electron chi connectivity index (χ3n) is 7.05. The van der Waals surface area contributed by atoms with Gasteiger partial charge in [0.25, 0.3) is 11.6 Å². The second kappa shape index (κ2) is 10.1. The number of hydrogen-bond donors (Lipinski definition) is 2. The standard InChI is InChI=1S/C28H24F4N4O5/c1-27(39,8-7-19(37)15-9-16-12-36(26(30)31)35-22(16)20(10-15)40-2)21-11-18-24(41-13-28(18,32)25(33)38)23(34-21)14-3-5-17(29)6-4-14/h3-6,9-12,26,39H,7-8,13H2,1-2H3,(H2,33,38)/t27-,28?/m0/s1. The van der Waals surface area contributed by atoms with Crippen molar-refractivity contribution in [1.82, 2.24) is 14.8 Å². The van der Waals surface area contributed by atoms with Gasteiger partial charge in [-0.25, -0.2) is 18.4 Å². The maximum absolute atomic E-state index is 15.7. The summed E-state index contributed by atoms with van der Waals surface area (Å²) in [6.07, 6.45) is 0.654. The highest BCUT2D eigenvalue weighted by atomic mass is 19.3. The first kappa shape index (κ1) is 28.0. The Morgan fingerprint density at radius 3 is 2.59 bits per heavy atom. The minimum atomic E-state index is -2.89. The summed E-state index contributed by atoms with van der Waals surface area (Å²) >= 11 is 0. The van der Waals surface area contributed by atoms with Crippen LogP contribution in [0, 0.1) is 5.82 Å². The maximum atomic E-state index is 15.7. The van der Waals surface area contributed by atoms with Crippen LogP contribution in [0.5, 0.6) is 11.5 Å². The number of methoxy groups -OCH3 is 1. The fourth-order valence-electron chi connectivity index (χ4n) is 4.67. The number of primary amides is 1. The molecule has 0 bridgehead atoms. The number of nitrogens with two attached hydrogens (primary N) is 1. The third kappa shape index (κ3) is 4.97. The van der Waals surface area contributed by atoms with E-state index >= 15 is 4.39 Å². The van der Waals surface area contributed by atoms with Crippen molar-refractivity contribution < 1.29 is 41.7 Å². The normalized spacial score (nSPS) is 17.8. The van der Waals surface area contributed by atoms with E-state index < -0.39 is 41.9 Å². The number of alkyl halides is 3. The van der Waals surface area contributed by atoms with E-state index in [-0.39, 0.29) is 57.8 Å². The van der Waals surface area contributed by atoms with E-state index in [4.69, 9.17) is 15.2 Å². The number of nitrogens with zero attached hydrogens (tertiary/aromatic N) is 3. The number of carbonyl (C=O) groups is 2. The Bertz CT molecular complexity index is 1670. The minimum absolute atomic E-state index is 0.0520. The van der Waals surface area contributed by atoms with Gasteiger partial charge in [0, 0.05) is 34.7 Å². The number of Topliss-reactive ketones (excluding diaryl/α,β-unsaturated/α-hetero) is 1. The summed E-state index contributed by atoms with van der Waals surface area (Å²) in [7, 11) is 1.31. The van der Waals surface area contributed by atoms with Crippen LogP contribution >= 0.6 is 0 Å². The molecule has 2 aromatic heterocycles. The first-order chi connectivity index (χ1) is 19.3. The summed E-state index contributed by atoms with van der Waals surface area (Å²) in [5, 5.41) is 15.4. The number of ketones is 1. The molecule has 3 heterocycles. The second-order valence-corrected chi connectivity index (χ2v) is 9.89. The molecule has 0 spiro atoms. The summed E-state index contributed by atoms with van der Waals surface area (Å²) in [5.74, 6) is -2.23. The summed E-state index contributed by atoms with van der Waals surface area (Å²) in [4.78, 5) is 29.6. The highest BCUT2D eigenvalue weighted by Crippen LogP contribution is 2.46. The molecular weight excluding hydrogens is 548 g/mol. The lowest BCUT2D eigenvalue weighted by atomic mass is 9.88. The molecular formula is C28H24F4N4O5. The highest BCUT2D eigenvalue weighted by molar-refractivity contribution is 6.01. The topological polar surface area (TPSA) is 130 Å². The fraction of sp³-hybridized carbons (Fsp3) is 0.286. The van der Waals surface area contributed by atoms with Crippen LogP contribution in [0.1, 0.15) is 47.9 Å². The van der Waals surface area contributed by atoms with Gasteiger partial charge in [-0.1, -0.05) is 0 Å². The van der Waals surface area contributed by atoms with Gasteiger partial charge in [-0.15, -0.1) is 0 Å². The van der Waals surface area contributed by atoms with Crippen LogP contribution in [0.15, 0.2) is 48.7 Å². The molecule has 41 heavy (non-hydrogen) atoms. The zero-order chi connectivity index (χ0) is 29.7. The summed E-state index contributed by atoms with van der Waals surface area (Å²) in [6, 6.07) is 9.01. The Hall–Kier alpha value is -4.52. The Kier molecular flexibility index (Phi) is 6.93. The number of hydrogen-bond acceptors (Lipinski definition) is 7. The van der Waals surface area contributed by atoms with E-state index in [0.29, 0.717) is 10.2 Å². The molecule has 1 aliphatic heterocycles. The SMILES string of the molecule is COc1cc(C(=O)CC[C@](C)(O)c2cc3c(c(-c4ccc(F)cc4)n2)OCC3(F)C(N)=O)cc2cn(C(F)F)nc12. The molecule has 214 valence electrons. The number of aromatic nitrogens is 3. The monoisotopic (exact) mass is 572 g/mol. The molecule has 13 heteroatoms. The molecule has 1 amide bonds. The molecule has 5 rings (SSSR count). The van der Waals surface area contributed by atoms with Gasteiger partial charge in [-0.2, -0.15) is 13.9 Å². The minimum Gasteiger partial charge on any atom is -0.494 e. The molecule has 4 aromatic rings. The van der Waals surface area contributed by atoms with Crippen molar-refractivity contribution in [3.63, 3.8) is 0 Å². The summed E-state index contributed by atoms with van der Waals surface area (Å²) < 4.78 is 66.6. The lowest BCUT2D eigenvalue weighted by Gasteiger charge is -2.25. The number of halogens is 4. The van der Waals surface area contributed by atoms with E-state index in [1.807, 2.05) is 0 Å². The molecule has 0 fully saturated rings. The molecule has 2 atom stereocenters. The van der Waals surface area contributed by atoms with E-state index in [9.17, 15) is 27.9 Å². The maximum Gasteiger partial charge on any atom is 0.333 e. The van der Waals surface area contributed by atoms with Gasteiger partial charge in [-0.3, -0.25) is 9.59 Å². The van der Waals surface area contributed by atoms with Crippen LogP contribution in [0.4, 0.5) is 17.6 Å². The first-order valence-electron chi connectivity index (χ1n) is 12.4. The second-order valence-electron chi connectivity index (χ2n) is 9.89. The highest BCUT2D eigenvalue weighted by Gasteiger charge is 2.49. The zero-order valence-electron chi connectivity index (χ0n) is 21.8.